The third kappa shape index (κ3) is 34.5. The van der Waals surface area contributed by atoms with Gasteiger partial charge in [-0.15, -0.1) is 0 Å². The van der Waals surface area contributed by atoms with Crippen LogP contribution in [0.4, 0.5) is 22.0 Å². The average Bonchev–Trinajstić information content (AvgIpc) is 3.41. The maximum atomic E-state index is 13.9. The van der Waals surface area contributed by atoms with Gasteiger partial charge in [0.2, 0.25) is 58.5 Å². The van der Waals surface area contributed by atoms with E-state index in [0.717, 1.165) is 19.3 Å². The molecule has 4 amide bonds. The first-order valence-electron chi connectivity index (χ1n) is 25.1. The van der Waals surface area contributed by atoms with Gasteiger partial charge in [0.15, 0.2) is 0 Å². The van der Waals surface area contributed by atoms with Gasteiger partial charge in [-0.1, -0.05) is 53.9 Å². The molecular formula is C46H72F5N13O12. The summed E-state index contributed by atoms with van der Waals surface area (Å²) >= 11 is 0. The first-order valence-corrected chi connectivity index (χ1v) is 25.1. The molecule has 0 radical (unpaired) electrons. The highest BCUT2D eigenvalue weighted by Crippen LogP contribution is 2.30. The summed E-state index contributed by atoms with van der Waals surface area (Å²) in [6, 6.07) is 0. The number of esters is 1. The Hall–Kier alpha value is -6.09. The van der Waals surface area contributed by atoms with Crippen LogP contribution < -0.4 is 26.0 Å². The summed E-state index contributed by atoms with van der Waals surface area (Å²) in [5.41, 5.74) is 23.9. The molecule has 0 aliphatic carbocycles. The van der Waals surface area contributed by atoms with Gasteiger partial charge in [-0.05, 0) is 48.7 Å². The van der Waals surface area contributed by atoms with Crippen LogP contribution in [0.1, 0.15) is 103 Å². The minimum absolute atomic E-state index is 0.0733. The quantitative estimate of drug-likeness (QED) is 0.00605. The Morgan fingerprint density at radius 2 is 0.724 bits per heavy atom. The van der Waals surface area contributed by atoms with E-state index in [1.165, 1.54) is 0 Å². The van der Waals surface area contributed by atoms with E-state index in [1.54, 1.807) is 0 Å². The predicted molar refractivity (Wildman–Crippen MR) is 263 cm³/mol. The molecule has 0 aliphatic rings. The Bertz CT molecular complexity index is 1860. The van der Waals surface area contributed by atoms with Gasteiger partial charge in [0.1, 0.15) is 0 Å². The van der Waals surface area contributed by atoms with Gasteiger partial charge in [0.25, 0.3) is 0 Å². The first kappa shape index (κ1) is 67.9. The van der Waals surface area contributed by atoms with E-state index in [9.17, 15) is 45.9 Å². The number of rotatable bonds is 49. The van der Waals surface area contributed by atoms with Crippen molar-refractivity contribution in [1.82, 2.24) is 21.3 Å². The van der Waals surface area contributed by atoms with Crippen LogP contribution in [-0.4, -0.2) is 154 Å². The Morgan fingerprint density at radius 1 is 0.408 bits per heavy atom. The summed E-state index contributed by atoms with van der Waals surface area (Å²) in [5, 5.41) is 21.5. The van der Waals surface area contributed by atoms with E-state index in [4.69, 9.17) is 45.0 Å². The summed E-state index contributed by atoms with van der Waals surface area (Å²) in [7, 11) is 0. The molecule has 1 aromatic carbocycles. The molecule has 0 unspecified atom stereocenters. The third-order valence-corrected chi connectivity index (χ3v) is 10.8. The van der Waals surface area contributed by atoms with Crippen molar-refractivity contribution in [2.24, 2.45) is 15.3 Å². The zero-order valence-electron chi connectivity index (χ0n) is 42.9. The van der Waals surface area contributed by atoms with Crippen LogP contribution >= 0.6 is 0 Å². The molecule has 1 aromatic rings. The molecule has 4 N–H and O–H groups in total. The second-order valence-electron chi connectivity index (χ2n) is 16.6. The number of unbranched alkanes of at least 4 members (excludes halogenated alkanes) is 7. The minimum atomic E-state index is -2.36. The highest BCUT2D eigenvalue weighted by molar-refractivity contribution is 5.80. The number of benzene rings is 1. The van der Waals surface area contributed by atoms with E-state index < -0.39 is 46.3 Å². The number of nitrogens with zero attached hydrogens (tertiary/aromatic N) is 9. The van der Waals surface area contributed by atoms with Gasteiger partial charge in [-0.2, -0.15) is 8.78 Å². The van der Waals surface area contributed by atoms with E-state index in [2.05, 4.69) is 56.1 Å². The Labute approximate surface area is 437 Å². The predicted octanol–water partition coefficient (Wildman–Crippen LogP) is 6.76. The molecule has 0 fully saturated rings. The van der Waals surface area contributed by atoms with Gasteiger partial charge >= 0.3 is 5.97 Å². The first-order chi connectivity index (χ1) is 36.8. The van der Waals surface area contributed by atoms with Crippen molar-refractivity contribution >= 4 is 29.6 Å². The van der Waals surface area contributed by atoms with Gasteiger partial charge in [0, 0.05) is 91.6 Å². The normalized spacial score (nSPS) is 11.6. The molecule has 0 saturated carbocycles. The van der Waals surface area contributed by atoms with Gasteiger partial charge in [0.05, 0.1) is 79.3 Å². The second kappa shape index (κ2) is 45.1. The fourth-order valence-corrected chi connectivity index (χ4v) is 6.90. The number of nitrogens with one attached hydrogen (secondary N) is 4. The van der Waals surface area contributed by atoms with Crippen LogP contribution in [0, 0.1) is 29.1 Å². The van der Waals surface area contributed by atoms with Crippen molar-refractivity contribution in [1.29, 1.82) is 0 Å². The zero-order chi connectivity index (χ0) is 55.9. The molecule has 0 spiro atoms. The maximum absolute atomic E-state index is 13.9. The molecule has 0 bridgehead atoms. The molecule has 0 aliphatic heterocycles. The number of amides is 4. The summed E-state index contributed by atoms with van der Waals surface area (Å²) in [6.45, 7) is 3.75. The smallest absolute Gasteiger partial charge is 0.311 e. The fourth-order valence-electron chi connectivity index (χ4n) is 6.90. The number of carbonyl (C=O) groups excluding carboxylic acids is 5. The molecule has 25 nitrogen and oxygen atoms in total. The number of halogens is 5. The lowest BCUT2D eigenvalue weighted by molar-refractivity contribution is -0.135. The van der Waals surface area contributed by atoms with Crippen LogP contribution in [0.15, 0.2) is 15.3 Å². The summed E-state index contributed by atoms with van der Waals surface area (Å²) in [4.78, 5) is 73.1. The highest BCUT2D eigenvalue weighted by Gasteiger charge is 2.34. The average molecular weight is 1090 g/mol. The fraction of sp³-hybridized carbons (Fsp3) is 0.761. The number of ether oxygens (including phenoxy) is 7. The number of carbonyl (C=O) groups is 5. The Kier molecular flexibility index (Phi) is 40.3. The maximum Gasteiger partial charge on any atom is 0.311 e. The van der Waals surface area contributed by atoms with Crippen molar-refractivity contribution in [2.45, 2.75) is 108 Å². The largest absolute Gasteiger partial charge is 0.420 e. The molecule has 30 heteroatoms. The number of azide groups is 3. The van der Waals surface area contributed by atoms with Crippen LogP contribution in [0.5, 0.6) is 5.75 Å². The van der Waals surface area contributed by atoms with Gasteiger partial charge in [-0.3, -0.25) is 24.0 Å². The van der Waals surface area contributed by atoms with Crippen molar-refractivity contribution in [3.63, 3.8) is 0 Å². The van der Waals surface area contributed by atoms with E-state index in [0.29, 0.717) is 25.7 Å². The molecular weight excluding hydrogens is 1020 g/mol. The summed E-state index contributed by atoms with van der Waals surface area (Å²) in [5.74, 6) is -15.5. The summed E-state index contributed by atoms with van der Waals surface area (Å²) in [6.07, 6.45) is 4.65. The molecule has 0 heterocycles. The molecule has 0 saturated heterocycles. The molecule has 0 aromatic heterocycles. The van der Waals surface area contributed by atoms with Crippen LogP contribution in [0.25, 0.3) is 31.3 Å². The van der Waals surface area contributed by atoms with Crippen LogP contribution in [-0.2, 0) is 52.4 Å². The standard InChI is InChI=1S/C46H72F5N13O12/c47-40-41(48)43(50)45(44(51)42(40)49)76-39(69)10-8-6-4-2-1-3-5-7-9-38(68)61-46(14-11-35(65)55-17-23-70-29-32-73-26-20-58-62-52,15-12-36(66)56-18-24-71-30-33-74-27-21-59-63-53)16-13-37(67)57-19-25-72-31-34-75-28-22-60-64-54/h1-34H2,(H,55,65)(H,56,66)(H,57,67)(H,61,68). The van der Waals surface area contributed by atoms with Crippen LogP contribution in [0.2, 0.25) is 0 Å². The van der Waals surface area contributed by atoms with Crippen LogP contribution in [0.3, 0.4) is 0 Å². The van der Waals surface area contributed by atoms with E-state index in [-0.39, 0.29) is 200 Å². The lowest BCUT2D eigenvalue weighted by Gasteiger charge is -2.35. The SMILES string of the molecule is [N-]=[N+]=NCCOCCOCCNC(=O)CCC(CCC(=O)NCCOCCOCCN=[N+]=[N-])(CCC(=O)NCCOCCOCCN=[N+]=[N-])NC(=O)CCCCCCCCCCC(=O)Oc1c(F)c(F)c(F)c(F)c1F. The van der Waals surface area contributed by atoms with Crippen molar-refractivity contribution in [3.05, 3.63) is 60.4 Å². The topological polar surface area (TPSA) is 344 Å². The zero-order valence-corrected chi connectivity index (χ0v) is 42.9. The lowest BCUT2D eigenvalue weighted by Crippen LogP contribution is -2.50. The lowest BCUT2D eigenvalue weighted by atomic mass is 9.82. The number of hydrogen-bond acceptors (Lipinski definition) is 15. The second-order valence-corrected chi connectivity index (χ2v) is 16.6. The minimum Gasteiger partial charge on any atom is -0.420 e. The van der Waals surface area contributed by atoms with E-state index >= 15 is 0 Å². The van der Waals surface area contributed by atoms with Gasteiger partial charge < -0.3 is 54.4 Å². The van der Waals surface area contributed by atoms with Crippen molar-refractivity contribution in [2.75, 3.05) is 119 Å². The Morgan fingerprint density at radius 3 is 1.08 bits per heavy atom. The van der Waals surface area contributed by atoms with Crippen molar-refractivity contribution < 1.29 is 79.1 Å². The summed E-state index contributed by atoms with van der Waals surface area (Å²) < 4.78 is 105. The van der Waals surface area contributed by atoms with E-state index in [1.807, 2.05) is 0 Å². The molecule has 428 valence electrons. The highest BCUT2D eigenvalue weighted by atomic mass is 19.2. The third-order valence-electron chi connectivity index (χ3n) is 10.8. The molecule has 1 rings (SSSR count). The Balaban J connectivity index is 2.87. The molecule has 0 atom stereocenters. The van der Waals surface area contributed by atoms with Gasteiger partial charge in [-0.25, -0.2) is 13.2 Å². The number of hydrogen-bond donors (Lipinski definition) is 4. The molecule has 76 heavy (non-hydrogen) atoms. The monoisotopic (exact) mass is 1090 g/mol. The van der Waals surface area contributed by atoms with Crippen molar-refractivity contribution in [3.8, 4) is 5.75 Å².